The summed E-state index contributed by atoms with van der Waals surface area (Å²) in [7, 11) is 0. The number of hydrazine groups is 1. The molecule has 0 aliphatic rings. The van der Waals surface area contributed by atoms with Crippen molar-refractivity contribution in [2.75, 3.05) is 0 Å². The second kappa shape index (κ2) is 4.09. The average Bonchev–Trinajstić information content (AvgIpc) is 1.30. The molecule has 0 unspecified atom stereocenters. The summed E-state index contributed by atoms with van der Waals surface area (Å²) in [5, 5.41) is 0. The van der Waals surface area contributed by atoms with Crippen molar-refractivity contribution in [3.63, 3.8) is 0 Å². The molecule has 3 N–H and O–H groups in total. The van der Waals surface area contributed by atoms with Gasteiger partial charge in [0.1, 0.15) is 0 Å². The van der Waals surface area contributed by atoms with Gasteiger partial charge in [0.25, 0.3) is 0 Å². The summed E-state index contributed by atoms with van der Waals surface area (Å²) in [4.78, 5) is 4.76. The van der Waals surface area contributed by atoms with Crippen LogP contribution in [0.5, 0.6) is 0 Å². The predicted octanol–water partition coefficient (Wildman–Crippen LogP) is 0.602. The van der Waals surface area contributed by atoms with Gasteiger partial charge in [-0.05, 0) is 20.8 Å². The summed E-state index contributed by atoms with van der Waals surface area (Å²) in [6.45, 7) is 5.73. The van der Waals surface area contributed by atoms with E-state index in [1.54, 1.807) is 0 Å². The molecule has 4 heteroatoms. The smallest absolute Gasteiger partial charge is 0.0829 e. The molecule has 8 heavy (non-hydrogen) atoms. The quantitative estimate of drug-likeness (QED) is 0.414. The van der Waals surface area contributed by atoms with Crippen molar-refractivity contribution in [1.82, 2.24) is 5.59 Å². The summed E-state index contributed by atoms with van der Waals surface area (Å²) in [6, 6.07) is 0. The lowest BCUT2D eigenvalue weighted by atomic mass is 10.2. The lowest BCUT2D eigenvalue weighted by molar-refractivity contribution is -0.0730. The van der Waals surface area contributed by atoms with Crippen LogP contribution in [0.4, 0.5) is 0 Å². The number of nitrogens with two attached hydrogens (primary N) is 1. The van der Waals surface area contributed by atoms with Crippen molar-refractivity contribution in [3.05, 3.63) is 0 Å². The minimum absolute atomic E-state index is 0. The van der Waals surface area contributed by atoms with E-state index in [9.17, 15) is 0 Å². The molecular weight excluding hydrogens is 128 g/mol. The van der Waals surface area contributed by atoms with Gasteiger partial charge in [0, 0.05) is 0 Å². The maximum Gasteiger partial charge on any atom is 0.0829 e. The third-order valence-electron chi connectivity index (χ3n) is 0.365. The fourth-order valence-electron chi connectivity index (χ4n) is 0.177. The Hall–Kier alpha value is 0.170. The highest BCUT2D eigenvalue weighted by atomic mass is 35.5. The molecule has 3 nitrogen and oxygen atoms in total. The summed E-state index contributed by atoms with van der Waals surface area (Å²) in [6.07, 6.45) is 0. The zero-order chi connectivity index (χ0) is 5.91. The highest BCUT2D eigenvalue weighted by molar-refractivity contribution is 5.85. The highest BCUT2D eigenvalue weighted by Gasteiger charge is 2.07. The Morgan fingerprint density at radius 2 is 1.75 bits per heavy atom. The van der Waals surface area contributed by atoms with Crippen LogP contribution in [0.1, 0.15) is 20.8 Å². The lowest BCUT2D eigenvalue weighted by Crippen LogP contribution is -2.33. The first-order chi connectivity index (χ1) is 3.06. The molecular formula is C4H13ClN2O. The number of nitrogens with one attached hydrogen (secondary N) is 1. The van der Waals surface area contributed by atoms with Crippen LogP contribution in [0.25, 0.3) is 0 Å². The van der Waals surface area contributed by atoms with E-state index in [1.165, 1.54) is 0 Å². The van der Waals surface area contributed by atoms with Crippen molar-refractivity contribution in [2.24, 2.45) is 5.84 Å². The molecule has 0 atom stereocenters. The minimum atomic E-state index is -0.186. The third kappa shape index (κ3) is 9.48. The van der Waals surface area contributed by atoms with Gasteiger partial charge < -0.3 is 0 Å². The normalized spacial score (nSPS) is 10.5. The van der Waals surface area contributed by atoms with Gasteiger partial charge in [-0.25, -0.2) is 5.84 Å². The van der Waals surface area contributed by atoms with E-state index in [0.29, 0.717) is 0 Å². The van der Waals surface area contributed by atoms with Crippen LogP contribution in [-0.4, -0.2) is 5.60 Å². The van der Waals surface area contributed by atoms with Gasteiger partial charge in [-0.15, -0.1) is 18.0 Å². The van der Waals surface area contributed by atoms with E-state index >= 15 is 0 Å². The first kappa shape index (κ1) is 11.0. The highest BCUT2D eigenvalue weighted by Crippen LogP contribution is 2.01. The molecule has 0 bridgehead atoms. The molecule has 52 valence electrons. The van der Waals surface area contributed by atoms with Crippen LogP contribution in [-0.2, 0) is 4.84 Å². The van der Waals surface area contributed by atoms with E-state index in [1.807, 2.05) is 20.8 Å². The summed E-state index contributed by atoms with van der Waals surface area (Å²) < 4.78 is 0. The molecule has 0 aromatic rings. The van der Waals surface area contributed by atoms with Crippen LogP contribution in [0.2, 0.25) is 0 Å². The monoisotopic (exact) mass is 140 g/mol. The van der Waals surface area contributed by atoms with Gasteiger partial charge in [0.05, 0.1) is 5.60 Å². The number of rotatable bonds is 1. The topological polar surface area (TPSA) is 47.3 Å². The molecule has 0 radical (unpaired) electrons. The van der Waals surface area contributed by atoms with Gasteiger partial charge in [-0.2, -0.15) is 0 Å². The Labute approximate surface area is 55.9 Å². The van der Waals surface area contributed by atoms with Gasteiger partial charge in [0.15, 0.2) is 0 Å². The summed E-state index contributed by atoms with van der Waals surface area (Å²) in [5.41, 5.74) is 1.92. The van der Waals surface area contributed by atoms with E-state index in [-0.39, 0.29) is 18.0 Å². The minimum Gasteiger partial charge on any atom is -0.282 e. The predicted molar refractivity (Wildman–Crippen MR) is 35.4 cm³/mol. The number of hydrogen-bond donors (Lipinski definition) is 2. The van der Waals surface area contributed by atoms with E-state index < -0.39 is 0 Å². The summed E-state index contributed by atoms with van der Waals surface area (Å²) in [5.74, 6) is 4.84. The molecule has 0 aromatic heterocycles. The first-order valence-electron chi connectivity index (χ1n) is 2.20. The maximum absolute atomic E-state index is 4.84. The molecule has 0 saturated heterocycles. The average molecular weight is 141 g/mol. The van der Waals surface area contributed by atoms with Crippen molar-refractivity contribution in [2.45, 2.75) is 26.4 Å². The van der Waals surface area contributed by atoms with Crippen LogP contribution in [0, 0.1) is 0 Å². The zero-order valence-corrected chi connectivity index (χ0v) is 6.21. The van der Waals surface area contributed by atoms with Gasteiger partial charge >= 0.3 is 0 Å². The van der Waals surface area contributed by atoms with Crippen LogP contribution >= 0.6 is 12.4 Å². The van der Waals surface area contributed by atoms with Crippen LogP contribution in [0.3, 0.4) is 0 Å². The number of halogens is 1. The molecule has 0 heterocycles. The SMILES string of the molecule is CC(C)(C)ONN.Cl. The standard InChI is InChI=1S/C4H12N2O.ClH/c1-4(2,3)7-6-5;/h6H,5H2,1-3H3;1H. The molecule has 0 saturated carbocycles. The Bertz CT molecular complexity index is 52.5. The van der Waals surface area contributed by atoms with E-state index in [0.717, 1.165) is 0 Å². The number of hydrogen-bond acceptors (Lipinski definition) is 3. The fourth-order valence-corrected chi connectivity index (χ4v) is 0.177. The zero-order valence-electron chi connectivity index (χ0n) is 5.39. The van der Waals surface area contributed by atoms with E-state index in [2.05, 4.69) is 5.59 Å². The third-order valence-corrected chi connectivity index (χ3v) is 0.365. The molecule has 0 spiro atoms. The second-order valence-corrected chi connectivity index (χ2v) is 2.33. The molecule has 0 fully saturated rings. The van der Waals surface area contributed by atoms with Crippen LogP contribution < -0.4 is 11.4 Å². The van der Waals surface area contributed by atoms with Crippen molar-refractivity contribution in [1.29, 1.82) is 0 Å². The largest absolute Gasteiger partial charge is 0.282 e. The van der Waals surface area contributed by atoms with Crippen molar-refractivity contribution >= 4 is 12.4 Å². The first-order valence-corrected chi connectivity index (χ1v) is 2.20. The van der Waals surface area contributed by atoms with Crippen molar-refractivity contribution in [3.8, 4) is 0 Å². The molecule has 0 rings (SSSR count). The fraction of sp³-hybridized carbons (Fsp3) is 1.00. The van der Waals surface area contributed by atoms with Gasteiger partial charge in [-0.3, -0.25) is 4.84 Å². The second-order valence-electron chi connectivity index (χ2n) is 2.33. The van der Waals surface area contributed by atoms with Crippen molar-refractivity contribution < 1.29 is 4.84 Å². The summed E-state index contributed by atoms with van der Waals surface area (Å²) >= 11 is 0. The lowest BCUT2D eigenvalue weighted by Gasteiger charge is -2.16. The van der Waals surface area contributed by atoms with Crippen LogP contribution in [0.15, 0.2) is 0 Å². The Morgan fingerprint density at radius 1 is 1.38 bits per heavy atom. The van der Waals surface area contributed by atoms with E-state index in [4.69, 9.17) is 10.7 Å². The molecule has 0 aliphatic heterocycles. The Kier molecular flexibility index (Phi) is 5.64. The van der Waals surface area contributed by atoms with Gasteiger partial charge in [-0.1, -0.05) is 0 Å². The maximum atomic E-state index is 4.84. The van der Waals surface area contributed by atoms with Gasteiger partial charge in [0.2, 0.25) is 0 Å². The molecule has 0 aromatic carbocycles. The Balaban J connectivity index is 0. The molecule has 0 aliphatic carbocycles. The molecule has 0 amide bonds. The Morgan fingerprint density at radius 3 is 1.75 bits per heavy atom.